The van der Waals surface area contributed by atoms with E-state index in [1.54, 1.807) is 0 Å². The molecule has 0 aromatic carbocycles. The topological polar surface area (TPSA) is 32.6 Å². The molecule has 1 aliphatic rings. The first-order chi connectivity index (χ1) is 4.34. The van der Waals surface area contributed by atoms with E-state index in [1.807, 2.05) is 6.92 Å². The van der Waals surface area contributed by atoms with Gasteiger partial charge in [-0.05, 0) is 19.8 Å². The molecule has 0 aliphatic carbocycles. The molecule has 1 N–H and O–H groups in total. The highest BCUT2D eigenvalue weighted by Gasteiger charge is 2.15. The van der Waals surface area contributed by atoms with Crippen molar-refractivity contribution in [3.05, 3.63) is 0 Å². The summed E-state index contributed by atoms with van der Waals surface area (Å²) in [6, 6.07) is 0. The number of hydrogen-bond acceptors (Lipinski definition) is 2. The van der Waals surface area contributed by atoms with Crippen molar-refractivity contribution in [2.75, 3.05) is 13.2 Å². The molecular formula is C7H13NO. The smallest absolute Gasteiger partial charge is 0.0437 e. The van der Waals surface area contributed by atoms with Crippen LogP contribution in [-0.4, -0.2) is 24.0 Å². The molecule has 0 unspecified atom stereocenters. The summed E-state index contributed by atoms with van der Waals surface area (Å²) < 4.78 is 0. The van der Waals surface area contributed by atoms with Crippen molar-refractivity contribution in [1.29, 1.82) is 0 Å². The minimum atomic E-state index is 0.303. The number of nitrogens with zero attached hydrogens (tertiary/aromatic N) is 1. The van der Waals surface area contributed by atoms with Gasteiger partial charge < -0.3 is 5.11 Å². The van der Waals surface area contributed by atoms with E-state index in [9.17, 15) is 0 Å². The lowest BCUT2D eigenvalue weighted by Crippen LogP contribution is -2.07. The third kappa shape index (κ3) is 1.52. The highest BCUT2D eigenvalue weighted by Crippen LogP contribution is 2.16. The zero-order chi connectivity index (χ0) is 6.69. The summed E-state index contributed by atoms with van der Waals surface area (Å²) in [5.41, 5.74) is 1.23. The second-order valence-electron chi connectivity index (χ2n) is 2.52. The van der Waals surface area contributed by atoms with Crippen LogP contribution < -0.4 is 0 Å². The van der Waals surface area contributed by atoms with Crippen LogP contribution >= 0.6 is 0 Å². The van der Waals surface area contributed by atoms with Crippen LogP contribution in [0.25, 0.3) is 0 Å². The van der Waals surface area contributed by atoms with Crippen molar-refractivity contribution in [1.82, 2.24) is 0 Å². The Labute approximate surface area is 55.6 Å². The first-order valence-electron chi connectivity index (χ1n) is 3.46. The molecule has 0 spiro atoms. The zero-order valence-corrected chi connectivity index (χ0v) is 5.80. The Morgan fingerprint density at radius 1 is 1.78 bits per heavy atom. The van der Waals surface area contributed by atoms with Crippen LogP contribution in [-0.2, 0) is 0 Å². The molecule has 1 aliphatic heterocycles. The van der Waals surface area contributed by atoms with Gasteiger partial charge in [-0.25, -0.2) is 0 Å². The fraction of sp³-hybridized carbons (Fsp3) is 0.857. The molecule has 0 fully saturated rings. The van der Waals surface area contributed by atoms with Gasteiger partial charge >= 0.3 is 0 Å². The predicted octanol–water partition coefficient (Wildman–Crippen LogP) is 0.850. The normalized spacial score (nSPS) is 26.4. The SMILES string of the molecule is CC1=NCC[C@@H]1CCO. The van der Waals surface area contributed by atoms with Gasteiger partial charge in [0, 0.05) is 24.8 Å². The number of hydrogen-bond donors (Lipinski definition) is 1. The Morgan fingerprint density at radius 2 is 2.56 bits per heavy atom. The lowest BCUT2D eigenvalue weighted by atomic mass is 10.0. The van der Waals surface area contributed by atoms with Gasteiger partial charge in [-0.2, -0.15) is 0 Å². The van der Waals surface area contributed by atoms with E-state index in [2.05, 4.69) is 4.99 Å². The van der Waals surface area contributed by atoms with Gasteiger partial charge in [-0.1, -0.05) is 0 Å². The van der Waals surface area contributed by atoms with Crippen LogP contribution in [0.2, 0.25) is 0 Å². The highest BCUT2D eigenvalue weighted by molar-refractivity contribution is 5.85. The molecule has 52 valence electrons. The van der Waals surface area contributed by atoms with Gasteiger partial charge in [0.2, 0.25) is 0 Å². The van der Waals surface area contributed by atoms with E-state index < -0.39 is 0 Å². The maximum absolute atomic E-state index is 8.59. The van der Waals surface area contributed by atoms with Crippen LogP contribution in [0.1, 0.15) is 19.8 Å². The average molecular weight is 127 g/mol. The summed E-state index contributed by atoms with van der Waals surface area (Å²) >= 11 is 0. The number of aliphatic hydroxyl groups excluding tert-OH is 1. The molecule has 1 heterocycles. The Bertz CT molecular complexity index is 120. The second kappa shape index (κ2) is 2.97. The lowest BCUT2D eigenvalue weighted by molar-refractivity contribution is 0.273. The monoisotopic (exact) mass is 127 g/mol. The highest BCUT2D eigenvalue weighted by atomic mass is 16.3. The maximum Gasteiger partial charge on any atom is 0.0437 e. The summed E-state index contributed by atoms with van der Waals surface area (Å²) in [5.74, 6) is 0.579. The second-order valence-corrected chi connectivity index (χ2v) is 2.52. The van der Waals surface area contributed by atoms with Crippen LogP contribution in [0, 0.1) is 5.92 Å². The van der Waals surface area contributed by atoms with Gasteiger partial charge in [-0.15, -0.1) is 0 Å². The van der Waals surface area contributed by atoms with E-state index in [1.165, 1.54) is 5.71 Å². The van der Waals surface area contributed by atoms with E-state index in [-0.39, 0.29) is 0 Å². The molecule has 1 atom stereocenters. The van der Waals surface area contributed by atoms with Crippen LogP contribution in [0.15, 0.2) is 4.99 Å². The minimum absolute atomic E-state index is 0.303. The van der Waals surface area contributed by atoms with Crippen molar-refractivity contribution >= 4 is 5.71 Å². The summed E-state index contributed by atoms with van der Waals surface area (Å²) in [6.07, 6.45) is 2.04. The van der Waals surface area contributed by atoms with E-state index in [4.69, 9.17) is 5.11 Å². The first kappa shape index (κ1) is 6.75. The van der Waals surface area contributed by atoms with Crippen molar-refractivity contribution in [3.63, 3.8) is 0 Å². The quantitative estimate of drug-likeness (QED) is 0.586. The molecule has 9 heavy (non-hydrogen) atoms. The van der Waals surface area contributed by atoms with Gasteiger partial charge in [0.25, 0.3) is 0 Å². The minimum Gasteiger partial charge on any atom is -0.396 e. The first-order valence-corrected chi connectivity index (χ1v) is 3.46. The third-order valence-electron chi connectivity index (χ3n) is 1.91. The van der Waals surface area contributed by atoms with Gasteiger partial charge in [-0.3, -0.25) is 4.99 Å². The fourth-order valence-electron chi connectivity index (χ4n) is 1.24. The molecule has 0 saturated heterocycles. The summed E-state index contributed by atoms with van der Waals surface area (Å²) in [6.45, 7) is 3.32. The van der Waals surface area contributed by atoms with Crippen LogP contribution in [0.4, 0.5) is 0 Å². The standard InChI is InChI=1S/C7H13NO/c1-6-7(3-5-9)2-4-8-6/h7,9H,2-5H2,1H3/t7-/m1/s1. The Balaban J connectivity index is 2.34. The molecular weight excluding hydrogens is 114 g/mol. The van der Waals surface area contributed by atoms with Gasteiger partial charge in [0.15, 0.2) is 0 Å². The maximum atomic E-state index is 8.59. The summed E-state index contributed by atoms with van der Waals surface area (Å²) in [4.78, 5) is 4.24. The Hall–Kier alpha value is -0.370. The molecule has 0 saturated carbocycles. The fourth-order valence-corrected chi connectivity index (χ4v) is 1.24. The van der Waals surface area contributed by atoms with Crippen molar-refractivity contribution in [3.8, 4) is 0 Å². The predicted molar refractivity (Wildman–Crippen MR) is 37.8 cm³/mol. The van der Waals surface area contributed by atoms with E-state index in [0.29, 0.717) is 12.5 Å². The summed E-state index contributed by atoms with van der Waals surface area (Å²) in [5, 5.41) is 8.59. The van der Waals surface area contributed by atoms with Crippen LogP contribution in [0.3, 0.4) is 0 Å². The number of rotatable bonds is 2. The molecule has 0 aromatic heterocycles. The van der Waals surface area contributed by atoms with Gasteiger partial charge in [0.05, 0.1) is 0 Å². The molecule has 0 amide bonds. The van der Waals surface area contributed by atoms with Crippen molar-refractivity contribution < 1.29 is 5.11 Å². The van der Waals surface area contributed by atoms with E-state index >= 15 is 0 Å². The Kier molecular flexibility index (Phi) is 2.22. The molecule has 0 radical (unpaired) electrons. The Morgan fingerprint density at radius 3 is 3.00 bits per heavy atom. The van der Waals surface area contributed by atoms with E-state index in [0.717, 1.165) is 19.4 Å². The van der Waals surface area contributed by atoms with Gasteiger partial charge in [0.1, 0.15) is 0 Å². The lowest BCUT2D eigenvalue weighted by Gasteiger charge is -2.05. The molecule has 0 bridgehead atoms. The summed E-state index contributed by atoms with van der Waals surface area (Å²) in [7, 11) is 0. The zero-order valence-electron chi connectivity index (χ0n) is 5.80. The molecule has 2 nitrogen and oxygen atoms in total. The average Bonchev–Trinajstić information content (AvgIpc) is 2.18. The van der Waals surface area contributed by atoms with Crippen molar-refractivity contribution in [2.24, 2.45) is 10.9 Å². The molecule has 1 rings (SSSR count). The van der Waals surface area contributed by atoms with Crippen LogP contribution in [0.5, 0.6) is 0 Å². The molecule has 2 heteroatoms. The molecule has 0 aromatic rings. The number of aliphatic hydroxyl groups is 1. The number of aliphatic imine (C=N–C) groups is 1. The largest absolute Gasteiger partial charge is 0.396 e. The van der Waals surface area contributed by atoms with Crippen molar-refractivity contribution in [2.45, 2.75) is 19.8 Å². The third-order valence-corrected chi connectivity index (χ3v) is 1.91.